The molecule has 0 aromatic carbocycles. The molecular formula is C11H17ClN2O. The molecule has 0 aliphatic carbocycles. The van der Waals surface area contributed by atoms with Crippen molar-refractivity contribution in [2.75, 3.05) is 13.7 Å². The lowest BCUT2D eigenvalue weighted by Crippen LogP contribution is -2.39. The Morgan fingerprint density at radius 1 is 1.60 bits per heavy atom. The number of aromatic nitrogens is 1. The van der Waals surface area contributed by atoms with Crippen LogP contribution in [0.5, 0.6) is 0 Å². The van der Waals surface area contributed by atoms with Crippen molar-refractivity contribution in [3.63, 3.8) is 0 Å². The largest absolute Gasteiger partial charge is 0.385 e. The molecule has 1 aromatic heterocycles. The summed E-state index contributed by atoms with van der Waals surface area (Å²) in [6, 6.07) is 1.90. The van der Waals surface area contributed by atoms with Gasteiger partial charge in [0.2, 0.25) is 0 Å². The molecule has 4 heteroatoms. The van der Waals surface area contributed by atoms with Crippen molar-refractivity contribution < 1.29 is 4.74 Å². The molecule has 3 nitrogen and oxygen atoms in total. The van der Waals surface area contributed by atoms with Crippen molar-refractivity contribution in [2.45, 2.75) is 25.3 Å². The lowest BCUT2D eigenvalue weighted by atomic mass is 9.91. The van der Waals surface area contributed by atoms with Crippen molar-refractivity contribution in [3.8, 4) is 0 Å². The van der Waals surface area contributed by atoms with E-state index in [0.717, 1.165) is 18.4 Å². The molecule has 1 rings (SSSR count). The molecule has 15 heavy (non-hydrogen) atoms. The second-order valence-electron chi connectivity index (χ2n) is 4.04. The average Bonchev–Trinajstić information content (AvgIpc) is 2.18. The monoisotopic (exact) mass is 228 g/mol. The van der Waals surface area contributed by atoms with E-state index in [1.54, 1.807) is 19.5 Å². The number of halogens is 1. The van der Waals surface area contributed by atoms with Gasteiger partial charge >= 0.3 is 0 Å². The zero-order chi connectivity index (χ0) is 11.3. The minimum Gasteiger partial charge on any atom is -0.385 e. The van der Waals surface area contributed by atoms with E-state index in [-0.39, 0.29) is 5.54 Å². The highest BCUT2D eigenvalue weighted by Crippen LogP contribution is 2.20. The van der Waals surface area contributed by atoms with Crippen LogP contribution in [0.1, 0.15) is 18.9 Å². The summed E-state index contributed by atoms with van der Waals surface area (Å²) in [4.78, 5) is 3.94. The molecule has 0 aliphatic rings. The third-order valence-electron chi connectivity index (χ3n) is 2.33. The van der Waals surface area contributed by atoms with Gasteiger partial charge in [0.25, 0.3) is 0 Å². The zero-order valence-electron chi connectivity index (χ0n) is 9.16. The summed E-state index contributed by atoms with van der Waals surface area (Å²) in [6.45, 7) is 2.67. The maximum Gasteiger partial charge on any atom is 0.0621 e. The Hall–Kier alpha value is -0.640. The van der Waals surface area contributed by atoms with Gasteiger partial charge in [0, 0.05) is 31.6 Å². The Morgan fingerprint density at radius 2 is 2.33 bits per heavy atom. The molecule has 0 fully saturated rings. The maximum absolute atomic E-state index is 6.14. The summed E-state index contributed by atoms with van der Waals surface area (Å²) < 4.78 is 5.02. The molecule has 0 saturated carbocycles. The standard InChI is InChI=1S/C11H17ClN2O/c1-11(13,4-6-15-2)7-9-3-5-14-8-10(9)12/h3,5,8H,4,6-7,13H2,1-2H3. The van der Waals surface area contributed by atoms with Gasteiger partial charge < -0.3 is 10.5 Å². The van der Waals surface area contributed by atoms with Crippen LogP contribution in [0.15, 0.2) is 18.5 Å². The van der Waals surface area contributed by atoms with Crippen LogP contribution in [0.2, 0.25) is 5.02 Å². The molecule has 0 aliphatic heterocycles. The Kier molecular flexibility index (Phi) is 4.51. The molecular weight excluding hydrogens is 212 g/mol. The summed E-state index contributed by atoms with van der Waals surface area (Å²) in [5.74, 6) is 0. The summed E-state index contributed by atoms with van der Waals surface area (Å²) in [5, 5.41) is 0.673. The van der Waals surface area contributed by atoms with Gasteiger partial charge in [-0.1, -0.05) is 11.6 Å². The lowest BCUT2D eigenvalue weighted by Gasteiger charge is -2.24. The van der Waals surface area contributed by atoms with Crippen molar-refractivity contribution in [3.05, 3.63) is 29.0 Å². The number of methoxy groups -OCH3 is 1. The second kappa shape index (κ2) is 5.45. The van der Waals surface area contributed by atoms with Gasteiger partial charge in [0.1, 0.15) is 0 Å². The molecule has 1 heterocycles. The molecule has 1 aromatic rings. The van der Waals surface area contributed by atoms with E-state index in [4.69, 9.17) is 22.1 Å². The third kappa shape index (κ3) is 4.16. The van der Waals surface area contributed by atoms with Crippen LogP contribution in [0, 0.1) is 0 Å². The van der Waals surface area contributed by atoms with E-state index in [0.29, 0.717) is 11.6 Å². The number of rotatable bonds is 5. The minimum absolute atomic E-state index is 0.291. The molecule has 0 radical (unpaired) electrons. The van der Waals surface area contributed by atoms with Gasteiger partial charge in [0.15, 0.2) is 0 Å². The molecule has 0 amide bonds. The Balaban J connectivity index is 2.64. The van der Waals surface area contributed by atoms with Crippen molar-refractivity contribution in [1.82, 2.24) is 4.98 Å². The molecule has 0 saturated heterocycles. The first-order chi connectivity index (χ1) is 7.05. The Morgan fingerprint density at radius 3 is 2.93 bits per heavy atom. The smallest absolute Gasteiger partial charge is 0.0621 e. The van der Waals surface area contributed by atoms with Gasteiger partial charge in [0.05, 0.1) is 5.02 Å². The first kappa shape index (κ1) is 12.4. The molecule has 1 atom stereocenters. The fourth-order valence-electron chi connectivity index (χ4n) is 1.41. The summed E-state index contributed by atoms with van der Waals surface area (Å²) in [6.07, 6.45) is 4.91. The van der Waals surface area contributed by atoms with Gasteiger partial charge in [-0.15, -0.1) is 0 Å². The highest BCUT2D eigenvalue weighted by Gasteiger charge is 2.19. The lowest BCUT2D eigenvalue weighted by molar-refractivity contribution is 0.171. The van der Waals surface area contributed by atoms with Gasteiger partial charge in [-0.3, -0.25) is 4.98 Å². The van der Waals surface area contributed by atoms with Crippen molar-refractivity contribution in [1.29, 1.82) is 0 Å². The van der Waals surface area contributed by atoms with E-state index in [2.05, 4.69) is 4.98 Å². The number of nitrogens with two attached hydrogens (primary N) is 1. The molecule has 84 valence electrons. The zero-order valence-corrected chi connectivity index (χ0v) is 9.92. The fraction of sp³-hybridized carbons (Fsp3) is 0.545. The predicted octanol–water partition coefficient (Wildman–Crippen LogP) is 2.03. The maximum atomic E-state index is 6.14. The van der Waals surface area contributed by atoms with Crippen LogP contribution in [0.4, 0.5) is 0 Å². The Labute approximate surface area is 95.6 Å². The quantitative estimate of drug-likeness (QED) is 0.839. The van der Waals surface area contributed by atoms with Crippen LogP contribution in [-0.2, 0) is 11.2 Å². The van der Waals surface area contributed by atoms with Gasteiger partial charge in [-0.2, -0.15) is 0 Å². The van der Waals surface area contributed by atoms with E-state index < -0.39 is 0 Å². The van der Waals surface area contributed by atoms with E-state index in [1.165, 1.54) is 0 Å². The average molecular weight is 229 g/mol. The first-order valence-corrected chi connectivity index (χ1v) is 5.29. The van der Waals surface area contributed by atoms with Crippen LogP contribution in [0.25, 0.3) is 0 Å². The SMILES string of the molecule is COCCC(C)(N)Cc1ccncc1Cl. The van der Waals surface area contributed by atoms with E-state index in [1.807, 2.05) is 13.0 Å². The predicted molar refractivity (Wildman–Crippen MR) is 62.0 cm³/mol. The minimum atomic E-state index is -0.291. The second-order valence-corrected chi connectivity index (χ2v) is 4.45. The van der Waals surface area contributed by atoms with Crippen LogP contribution < -0.4 is 5.73 Å². The van der Waals surface area contributed by atoms with Crippen LogP contribution in [0.3, 0.4) is 0 Å². The summed E-state index contributed by atoms with van der Waals surface area (Å²) in [7, 11) is 1.68. The Bertz CT molecular complexity index is 315. The highest BCUT2D eigenvalue weighted by molar-refractivity contribution is 6.31. The summed E-state index contributed by atoms with van der Waals surface area (Å²) in [5.41, 5.74) is 6.89. The number of ether oxygens (including phenoxy) is 1. The number of hydrogen-bond donors (Lipinski definition) is 1. The molecule has 1 unspecified atom stereocenters. The van der Waals surface area contributed by atoms with E-state index in [9.17, 15) is 0 Å². The summed E-state index contributed by atoms with van der Waals surface area (Å²) >= 11 is 6.02. The van der Waals surface area contributed by atoms with Crippen molar-refractivity contribution in [2.24, 2.45) is 5.73 Å². The van der Waals surface area contributed by atoms with Crippen LogP contribution >= 0.6 is 11.6 Å². The van der Waals surface area contributed by atoms with Crippen molar-refractivity contribution >= 4 is 11.6 Å². The number of pyridine rings is 1. The normalized spacial score (nSPS) is 14.9. The van der Waals surface area contributed by atoms with Crippen LogP contribution in [-0.4, -0.2) is 24.2 Å². The first-order valence-electron chi connectivity index (χ1n) is 4.91. The number of hydrogen-bond acceptors (Lipinski definition) is 3. The fourth-order valence-corrected chi connectivity index (χ4v) is 1.59. The third-order valence-corrected chi connectivity index (χ3v) is 2.67. The van der Waals surface area contributed by atoms with Gasteiger partial charge in [-0.25, -0.2) is 0 Å². The molecule has 0 spiro atoms. The number of nitrogens with zero attached hydrogens (tertiary/aromatic N) is 1. The highest BCUT2D eigenvalue weighted by atomic mass is 35.5. The topological polar surface area (TPSA) is 48.1 Å². The van der Waals surface area contributed by atoms with E-state index >= 15 is 0 Å². The molecule has 0 bridgehead atoms. The van der Waals surface area contributed by atoms with Gasteiger partial charge in [-0.05, 0) is 31.4 Å². The molecule has 2 N–H and O–H groups in total.